The zero-order valence-corrected chi connectivity index (χ0v) is 16.5. The molecule has 0 saturated carbocycles. The SMILES string of the molecule is CCNc1nnc(SC(C)C(=O)Nc2ccc(N3CCOCC3)cc2)s1. The van der Waals surface area contributed by atoms with Crippen LogP contribution in [0.1, 0.15) is 13.8 Å². The first-order chi connectivity index (χ1) is 12.7. The maximum Gasteiger partial charge on any atom is 0.237 e. The minimum absolute atomic E-state index is 0.0469. The summed E-state index contributed by atoms with van der Waals surface area (Å²) >= 11 is 2.88. The second kappa shape index (κ2) is 9.20. The van der Waals surface area contributed by atoms with Crippen molar-refractivity contribution in [3.05, 3.63) is 24.3 Å². The van der Waals surface area contributed by atoms with Gasteiger partial charge in [0.15, 0.2) is 4.34 Å². The third-order valence-corrected chi connectivity index (χ3v) is 5.96. The lowest BCUT2D eigenvalue weighted by atomic mass is 10.2. The molecule has 0 spiro atoms. The molecule has 1 aromatic carbocycles. The molecule has 7 nitrogen and oxygen atoms in total. The van der Waals surface area contributed by atoms with Crippen molar-refractivity contribution in [2.45, 2.75) is 23.4 Å². The number of amides is 1. The summed E-state index contributed by atoms with van der Waals surface area (Å²) < 4.78 is 6.16. The van der Waals surface area contributed by atoms with Gasteiger partial charge in [-0.3, -0.25) is 4.79 Å². The Morgan fingerprint density at radius 1 is 1.31 bits per heavy atom. The molecule has 1 atom stereocenters. The van der Waals surface area contributed by atoms with Gasteiger partial charge in [-0.2, -0.15) is 0 Å². The number of carbonyl (C=O) groups excluding carboxylic acids is 1. The van der Waals surface area contributed by atoms with Crippen LogP contribution in [-0.4, -0.2) is 54.2 Å². The number of benzene rings is 1. The second-order valence-corrected chi connectivity index (χ2v) is 8.36. The molecule has 0 bridgehead atoms. The third kappa shape index (κ3) is 5.09. The van der Waals surface area contributed by atoms with E-state index < -0.39 is 0 Å². The molecular formula is C17H23N5O2S2. The van der Waals surface area contributed by atoms with Crippen LogP contribution in [0.5, 0.6) is 0 Å². The highest BCUT2D eigenvalue weighted by molar-refractivity contribution is 8.02. The number of nitrogens with zero attached hydrogens (tertiary/aromatic N) is 3. The lowest BCUT2D eigenvalue weighted by Crippen LogP contribution is -2.36. The third-order valence-electron chi connectivity index (χ3n) is 3.89. The Labute approximate surface area is 161 Å². The van der Waals surface area contributed by atoms with Crippen molar-refractivity contribution >= 4 is 45.5 Å². The van der Waals surface area contributed by atoms with E-state index in [0.717, 1.165) is 53.7 Å². The van der Waals surface area contributed by atoms with Crippen molar-refractivity contribution in [2.75, 3.05) is 48.4 Å². The van der Waals surface area contributed by atoms with Crippen LogP contribution in [0.3, 0.4) is 0 Å². The molecule has 2 aromatic rings. The summed E-state index contributed by atoms with van der Waals surface area (Å²) in [6.45, 7) is 8.00. The molecule has 2 N–H and O–H groups in total. The Hall–Kier alpha value is -1.84. The average molecular weight is 394 g/mol. The summed E-state index contributed by atoms with van der Waals surface area (Å²) in [7, 11) is 0. The van der Waals surface area contributed by atoms with Crippen molar-refractivity contribution in [1.29, 1.82) is 0 Å². The predicted octanol–water partition coefficient (Wildman–Crippen LogP) is 2.93. The van der Waals surface area contributed by atoms with Crippen molar-refractivity contribution in [3.63, 3.8) is 0 Å². The molecule has 0 aliphatic carbocycles. The van der Waals surface area contributed by atoms with Crippen LogP contribution in [0.2, 0.25) is 0 Å². The first-order valence-corrected chi connectivity index (χ1v) is 10.3. The van der Waals surface area contributed by atoms with Crippen molar-refractivity contribution in [2.24, 2.45) is 0 Å². The Bertz CT molecular complexity index is 716. The molecule has 9 heteroatoms. The van der Waals surface area contributed by atoms with Crippen LogP contribution in [0.25, 0.3) is 0 Å². The zero-order valence-electron chi connectivity index (χ0n) is 14.9. The number of rotatable bonds is 7. The normalized spacial score (nSPS) is 15.5. The van der Waals surface area contributed by atoms with Gasteiger partial charge in [-0.05, 0) is 38.1 Å². The fourth-order valence-electron chi connectivity index (χ4n) is 2.51. The van der Waals surface area contributed by atoms with E-state index in [1.54, 1.807) is 0 Å². The van der Waals surface area contributed by atoms with Crippen LogP contribution in [0.4, 0.5) is 16.5 Å². The van der Waals surface area contributed by atoms with E-state index in [-0.39, 0.29) is 11.2 Å². The zero-order chi connectivity index (χ0) is 18.4. The highest BCUT2D eigenvalue weighted by Gasteiger charge is 2.18. The van der Waals surface area contributed by atoms with Gasteiger partial charge in [0.1, 0.15) is 0 Å². The lowest BCUT2D eigenvalue weighted by Gasteiger charge is -2.28. The minimum atomic E-state index is -0.253. The first kappa shape index (κ1) is 18.9. The molecule has 140 valence electrons. The van der Waals surface area contributed by atoms with E-state index in [2.05, 4.69) is 25.7 Å². The Morgan fingerprint density at radius 2 is 2.04 bits per heavy atom. The Kier molecular flexibility index (Phi) is 6.70. The van der Waals surface area contributed by atoms with Crippen LogP contribution in [0, 0.1) is 0 Å². The fourth-order valence-corrected chi connectivity index (χ4v) is 4.47. The van der Waals surface area contributed by atoms with E-state index in [1.807, 2.05) is 38.1 Å². The van der Waals surface area contributed by atoms with Crippen LogP contribution in [0.15, 0.2) is 28.6 Å². The highest BCUT2D eigenvalue weighted by Crippen LogP contribution is 2.29. The van der Waals surface area contributed by atoms with Gasteiger partial charge in [-0.25, -0.2) is 0 Å². The van der Waals surface area contributed by atoms with Crippen molar-refractivity contribution in [1.82, 2.24) is 10.2 Å². The predicted molar refractivity (Wildman–Crippen MR) is 107 cm³/mol. The van der Waals surface area contributed by atoms with Gasteiger partial charge in [-0.1, -0.05) is 23.1 Å². The minimum Gasteiger partial charge on any atom is -0.378 e. The Morgan fingerprint density at radius 3 is 2.73 bits per heavy atom. The van der Waals surface area contributed by atoms with Crippen LogP contribution >= 0.6 is 23.1 Å². The first-order valence-electron chi connectivity index (χ1n) is 8.63. The molecule has 3 rings (SSSR count). The van der Waals surface area contributed by atoms with E-state index >= 15 is 0 Å². The number of anilines is 3. The summed E-state index contributed by atoms with van der Waals surface area (Å²) in [6.07, 6.45) is 0. The van der Waals surface area contributed by atoms with E-state index in [4.69, 9.17) is 4.74 Å². The molecule has 1 amide bonds. The summed E-state index contributed by atoms with van der Waals surface area (Å²) in [5, 5.41) is 14.8. The van der Waals surface area contributed by atoms with Gasteiger partial charge in [0.25, 0.3) is 0 Å². The van der Waals surface area contributed by atoms with E-state index in [1.165, 1.54) is 23.1 Å². The van der Waals surface area contributed by atoms with E-state index in [9.17, 15) is 4.79 Å². The number of ether oxygens (including phenoxy) is 1. The number of carbonyl (C=O) groups is 1. The Balaban J connectivity index is 1.52. The highest BCUT2D eigenvalue weighted by atomic mass is 32.2. The molecule has 1 aromatic heterocycles. The number of thioether (sulfide) groups is 1. The van der Waals surface area contributed by atoms with Gasteiger partial charge in [0.05, 0.1) is 18.5 Å². The number of morpholine rings is 1. The summed E-state index contributed by atoms with van der Waals surface area (Å²) in [5.74, 6) is -0.0469. The molecular weight excluding hydrogens is 370 g/mol. The number of aromatic nitrogens is 2. The number of hydrogen-bond acceptors (Lipinski definition) is 8. The van der Waals surface area contributed by atoms with Crippen molar-refractivity contribution < 1.29 is 9.53 Å². The van der Waals surface area contributed by atoms with Crippen molar-refractivity contribution in [3.8, 4) is 0 Å². The van der Waals surface area contributed by atoms with Crippen LogP contribution in [-0.2, 0) is 9.53 Å². The molecule has 1 fully saturated rings. The largest absolute Gasteiger partial charge is 0.378 e. The smallest absolute Gasteiger partial charge is 0.237 e. The lowest BCUT2D eigenvalue weighted by molar-refractivity contribution is -0.115. The summed E-state index contributed by atoms with van der Waals surface area (Å²) in [4.78, 5) is 14.7. The van der Waals surface area contributed by atoms with Gasteiger partial charge in [-0.15, -0.1) is 10.2 Å². The van der Waals surface area contributed by atoms with Crippen LogP contribution < -0.4 is 15.5 Å². The quantitative estimate of drug-likeness (QED) is 0.700. The van der Waals surface area contributed by atoms with Gasteiger partial charge in [0.2, 0.25) is 11.0 Å². The standard InChI is InChI=1S/C17H23N5O2S2/c1-3-18-16-20-21-17(26-16)25-12(2)15(23)19-13-4-6-14(7-5-13)22-8-10-24-11-9-22/h4-7,12H,3,8-11H2,1-2H3,(H,18,20)(H,19,23). The maximum absolute atomic E-state index is 12.4. The van der Waals surface area contributed by atoms with Gasteiger partial charge < -0.3 is 20.3 Å². The van der Waals surface area contributed by atoms with Gasteiger partial charge >= 0.3 is 0 Å². The summed E-state index contributed by atoms with van der Waals surface area (Å²) in [5.41, 5.74) is 1.95. The topological polar surface area (TPSA) is 79.4 Å². The molecule has 2 heterocycles. The molecule has 1 aliphatic rings. The molecule has 1 aliphatic heterocycles. The fraction of sp³-hybridized carbons (Fsp3) is 0.471. The monoisotopic (exact) mass is 393 g/mol. The molecule has 1 saturated heterocycles. The number of hydrogen-bond donors (Lipinski definition) is 2. The molecule has 1 unspecified atom stereocenters. The maximum atomic E-state index is 12.4. The summed E-state index contributed by atoms with van der Waals surface area (Å²) in [6, 6.07) is 7.95. The average Bonchev–Trinajstić information content (AvgIpc) is 3.10. The molecule has 0 radical (unpaired) electrons. The number of nitrogens with one attached hydrogen (secondary N) is 2. The molecule has 26 heavy (non-hydrogen) atoms. The second-order valence-electron chi connectivity index (χ2n) is 5.80. The van der Waals surface area contributed by atoms with Gasteiger partial charge in [0, 0.05) is 31.0 Å². The van der Waals surface area contributed by atoms with E-state index in [0.29, 0.717) is 0 Å².